The van der Waals surface area contributed by atoms with Crippen molar-refractivity contribution in [1.29, 1.82) is 0 Å². The van der Waals surface area contributed by atoms with Gasteiger partial charge in [0, 0.05) is 17.4 Å². The van der Waals surface area contributed by atoms with Crippen LogP contribution < -0.4 is 4.74 Å². The molecule has 3 aliphatic carbocycles. The molecule has 4 rings (SSSR count). The Morgan fingerprint density at radius 2 is 2.09 bits per heavy atom. The Bertz CT molecular complexity index is 703. The summed E-state index contributed by atoms with van der Waals surface area (Å²) in [5, 5.41) is 0. The molecule has 0 amide bonds. The van der Waals surface area contributed by atoms with Crippen molar-refractivity contribution < 1.29 is 14.3 Å². The highest BCUT2D eigenvalue weighted by Crippen LogP contribution is 2.60. The molecule has 1 aromatic rings. The van der Waals surface area contributed by atoms with E-state index >= 15 is 0 Å². The van der Waals surface area contributed by atoms with Crippen LogP contribution in [0.5, 0.6) is 5.75 Å². The van der Waals surface area contributed by atoms with Gasteiger partial charge < -0.3 is 4.74 Å². The molecule has 0 heterocycles. The summed E-state index contributed by atoms with van der Waals surface area (Å²) in [6.07, 6.45) is 6.07. The van der Waals surface area contributed by atoms with Crippen LogP contribution in [-0.2, 0) is 0 Å². The second kappa shape index (κ2) is 4.55. The van der Waals surface area contributed by atoms with Crippen LogP contribution in [0.25, 0.3) is 0 Å². The summed E-state index contributed by atoms with van der Waals surface area (Å²) >= 11 is 0. The van der Waals surface area contributed by atoms with E-state index in [9.17, 15) is 9.59 Å². The number of carbonyl (C=O) groups excluding carboxylic acids is 2. The quantitative estimate of drug-likeness (QED) is 0.799. The van der Waals surface area contributed by atoms with Crippen LogP contribution in [0.1, 0.15) is 47.4 Å². The first-order chi connectivity index (χ1) is 10.6. The van der Waals surface area contributed by atoms with Crippen LogP contribution in [0.15, 0.2) is 30.4 Å². The SMILES string of the molecule is CCCOc1cccc2c1C(=O)C1C3C=CC(C)(C3)C1C2=O. The molecule has 2 bridgehead atoms. The van der Waals surface area contributed by atoms with E-state index in [1.807, 2.05) is 19.1 Å². The highest BCUT2D eigenvalue weighted by atomic mass is 16.5. The molecule has 4 atom stereocenters. The van der Waals surface area contributed by atoms with E-state index < -0.39 is 0 Å². The Morgan fingerprint density at radius 3 is 2.86 bits per heavy atom. The first-order valence-electron chi connectivity index (χ1n) is 8.10. The normalized spacial score (nSPS) is 34.7. The second-order valence-electron chi connectivity index (χ2n) is 6.99. The molecule has 1 aromatic carbocycles. The zero-order chi connectivity index (χ0) is 15.5. The third-order valence-electron chi connectivity index (χ3n) is 5.52. The fraction of sp³-hybridized carbons (Fsp3) is 0.474. The van der Waals surface area contributed by atoms with E-state index in [-0.39, 0.29) is 34.7 Å². The molecule has 0 saturated heterocycles. The topological polar surface area (TPSA) is 43.4 Å². The summed E-state index contributed by atoms with van der Waals surface area (Å²) in [5.41, 5.74) is 0.925. The number of hydrogen-bond acceptors (Lipinski definition) is 3. The van der Waals surface area contributed by atoms with Crippen LogP contribution in [0.2, 0.25) is 0 Å². The van der Waals surface area contributed by atoms with Crippen LogP contribution in [0.3, 0.4) is 0 Å². The highest BCUT2D eigenvalue weighted by molar-refractivity contribution is 6.18. The van der Waals surface area contributed by atoms with Crippen molar-refractivity contribution in [2.75, 3.05) is 6.61 Å². The summed E-state index contributed by atoms with van der Waals surface area (Å²) < 4.78 is 5.73. The van der Waals surface area contributed by atoms with Gasteiger partial charge in [0.05, 0.1) is 12.2 Å². The van der Waals surface area contributed by atoms with Gasteiger partial charge >= 0.3 is 0 Å². The van der Waals surface area contributed by atoms with Gasteiger partial charge in [0.2, 0.25) is 0 Å². The lowest BCUT2D eigenvalue weighted by atomic mass is 9.65. The Labute approximate surface area is 130 Å². The van der Waals surface area contributed by atoms with Gasteiger partial charge in [-0.05, 0) is 30.2 Å². The summed E-state index contributed by atoms with van der Waals surface area (Å²) in [6, 6.07) is 5.41. The largest absolute Gasteiger partial charge is 0.493 e. The molecule has 0 spiro atoms. The minimum absolute atomic E-state index is 0.101. The Hall–Kier alpha value is -1.90. The number of ether oxygens (including phenoxy) is 1. The van der Waals surface area contributed by atoms with Crippen LogP contribution in [0, 0.1) is 23.2 Å². The summed E-state index contributed by atoms with van der Waals surface area (Å²) in [6.45, 7) is 4.70. The van der Waals surface area contributed by atoms with Crippen molar-refractivity contribution in [3.05, 3.63) is 41.5 Å². The minimum Gasteiger partial charge on any atom is -0.493 e. The molecule has 0 aliphatic heterocycles. The Morgan fingerprint density at radius 1 is 1.27 bits per heavy atom. The maximum absolute atomic E-state index is 13.1. The van der Waals surface area contributed by atoms with Crippen molar-refractivity contribution in [1.82, 2.24) is 0 Å². The standard InChI is InChI=1S/C19H20O3/c1-3-9-22-13-6-4-5-12-15(13)18(21)14-11-7-8-19(2,10-11)16(14)17(12)20/h4-8,11,14,16H,3,9-10H2,1-2H3. The second-order valence-corrected chi connectivity index (χ2v) is 6.99. The van der Waals surface area contributed by atoms with Crippen molar-refractivity contribution >= 4 is 11.6 Å². The van der Waals surface area contributed by atoms with E-state index in [2.05, 4.69) is 19.1 Å². The predicted molar refractivity (Wildman–Crippen MR) is 83.2 cm³/mol. The molecule has 22 heavy (non-hydrogen) atoms. The van der Waals surface area contributed by atoms with Gasteiger partial charge in [-0.2, -0.15) is 0 Å². The Balaban J connectivity index is 1.84. The average molecular weight is 296 g/mol. The number of Topliss-reactive ketones (excluding diaryl/α,β-unsaturated/α-hetero) is 2. The lowest BCUT2D eigenvalue weighted by Crippen LogP contribution is -2.42. The summed E-state index contributed by atoms with van der Waals surface area (Å²) in [4.78, 5) is 26.1. The van der Waals surface area contributed by atoms with E-state index in [0.717, 1.165) is 12.8 Å². The number of carbonyl (C=O) groups is 2. The van der Waals surface area contributed by atoms with Gasteiger partial charge in [-0.1, -0.05) is 38.1 Å². The number of hydrogen-bond donors (Lipinski definition) is 0. The highest BCUT2D eigenvalue weighted by Gasteiger charge is 2.60. The molecule has 0 aromatic heterocycles. The molecule has 0 radical (unpaired) electrons. The molecule has 1 fully saturated rings. The zero-order valence-electron chi connectivity index (χ0n) is 13.0. The van der Waals surface area contributed by atoms with Gasteiger partial charge in [0.15, 0.2) is 11.6 Å². The van der Waals surface area contributed by atoms with Crippen molar-refractivity contribution in [2.45, 2.75) is 26.7 Å². The van der Waals surface area contributed by atoms with Gasteiger partial charge in [-0.25, -0.2) is 0 Å². The molecule has 0 N–H and O–H groups in total. The molecular weight excluding hydrogens is 276 g/mol. The van der Waals surface area contributed by atoms with Gasteiger partial charge in [-0.3, -0.25) is 9.59 Å². The maximum Gasteiger partial charge on any atom is 0.171 e. The molecule has 3 aliphatic rings. The van der Waals surface area contributed by atoms with Gasteiger partial charge in [0.1, 0.15) is 5.75 Å². The monoisotopic (exact) mass is 296 g/mol. The fourth-order valence-electron chi connectivity index (χ4n) is 4.59. The zero-order valence-corrected chi connectivity index (χ0v) is 13.0. The minimum atomic E-state index is -0.193. The third kappa shape index (κ3) is 1.62. The van der Waals surface area contributed by atoms with Crippen LogP contribution in [-0.4, -0.2) is 18.2 Å². The molecular formula is C19H20O3. The first-order valence-corrected chi connectivity index (χ1v) is 8.10. The van der Waals surface area contributed by atoms with Crippen molar-refractivity contribution in [2.24, 2.45) is 23.2 Å². The van der Waals surface area contributed by atoms with Crippen molar-refractivity contribution in [3.8, 4) is 5.75 Å². The average Bonchev–Trinajstić information content (AvgIpc) is 3.04. The maximum atomic E-state index is 13.1. The van der Waals surface area contributed by atoms with E-state index in [1.165, 1.54) is 0 Å². The fourth-order valence-corrected chi connectivity index (χ4v) is 4.59. The van der Waals surface area contributed by atoms with E-state index in [0.29, 0.717) is 23.5 Å². The number of rotatable bonds is 3. The van der Waals surface area contributed by atoms with Crippen LogP contribution >= 0.6 is 0 Å². The lowest BCUT2D eigenvalue weighted by molar-refractivity contribution is 0.0672. The smallest absolute Gasteiger partial charge is 0.171 e. The first kappa shape index (κ1) is 13.7. The van der Waals surface area contributed by atoms with Gasteiger partial charge in [-0.15, -0.1) is 0 Å². The molecule has 4 unspecified atom stereocenters. The molecule has 3 heteroatoms. The summed E-state index contributed by atoms with van der Waals surface area (Å²) in [5.74, 6) is 0.623. The number of fused-ring (bicyclic) bond motifs is 6. The van der Waals surface area contributed by atoms with Crippen molar-refractivity contribution in [3.63, 3.8) is 0 Å². The molecule has 114 valence electrons. The van der Waals surface area contributed by atoms with E-state index in [4.69, 9.17) is 4.74 Å². The molecule has 3 nitrogen and oxygen atoms in total. The molecule has 1 saturated carbocycles. The predicted octanol–water partition coefficient (Wildman–Crippen LogP) is 3.68. The van der Waals surface area contributed by atoms with Crippen LogP contribution in [0.4, 0.5) is 0 Å². The number of allylic oxidation sites excluding steroid dienone is 2. The summed E-state index contributed by atoms with van der Waals surface area (Å²) in [7, 11) is 0. The van der Waals surface area contributed by atoms with E-state index in [1.54, 1.807) is 6.07 Å². The Kier molecular flexibility index (Phi) is 2.84. The van der Waals surface area contributed by atoms with Gasteiger partial charge in [0.25, 0.3) is 0 Å². The number of benzene rings is 1. The third-order valence-corrected chi connectivity index (χ3v) is 5.52. The lowest BCUT2D eigenvalue weighted by Gasteiger charge is -2.36. The number of ketones is 2.